The van der Waals surface area contributed by atoms with Crippen LogP contribution in [0.3, 0.4) is 0 Å². The van der Waals surface area contributed by atoms with Gasteiger partial charge in [-0.1, -0.05) is 13.3 Å². The van der Waals surface area contributed by atoms with Crippen molar-refractivity contribution in [3.05, 3.63) is 0 Å². The Labute approximate surface area is 49.3 Å². The van der Waals surface area contributed by atoms with Crippen LogP contribution in [0, 0.1) is 5.92 Å². The topological polar surface area (TPSA) is 29.1 Å². The molecule has 1 fully saturated rings. The SMILES string of the molecule is CC[C@@H]1CC1NC=O. The van der Waals surface area contributed by atoms with Crippen molar-refractivity contribution in [1.82, 2.24) is 5.32 Å². The zero-order valence-electron chi connectivity index (χ0n) is 5.05. The third kappa shape index (κ3) is 0.997. The fraction of sp³-hybridized carbons (Fsp3) is 0.833. The summed E-state index contributed by atoms with van der Waals surface area (Å²) in [5.41, 5.74) is 0. The number of amides is 1. The number of rotatable bonds is 3. The minimum atomic E-state index is 0.512. The first-order valence-corrected chi connectivity index (χ1v) is 3.08. The minimum Gasteiger partial charge on any atom is -0.356 e. The van der Waals surface area contributed by atoms with Gasteiger partial charge in [-0.05, 0) is 12.3 Å². The lowest BCUT2D eigenvalue weighted by Crippen LogP contribution is -2.14. The highest BCUT2D eigenvalue weighted by atomic mass is 16.1. The van der Waals surface area contributed by atoms with E-state index < -0.39 is 0 Å². The maximum atomic E-state index is 9.81. The minimum absolute atomic E-state index is 0.512. The molecular formula is C6H11NO. The number of hydrogen-bond acceptors (Lipinski definition) is 1. The van der Waals surface area contributed by atoms with Crippen LogP contribution in [-0.4, -0.2) is 12.5 Å². The van der Waals surface area contributed by atoms with E-state index in [1.165, 1.54) is 12.8 Å². The molecule has 1 unspecified atom stereocenters. The zero-order chi connectivity index (χ0) is 5.98. The summed E-state index contributed by atoms with van der Waals surface area (Å²) in [6.45, 7) is 2.15. The van der Waals surface area contributed by atoms with Crippen molar-refractivity contribution in [3.8, 4) is 0 Å². The Morgan fingerprint density at radius 2 is 2.62 bits per heavy atom. The van der Waals surface area contributed by atoms with Gasteiger partial charge in [0.05, 0.1) is 0 Å². The Morgan fingerprint density at radius 1 is 1.88 bits per heavy atom. The van der Waals surface area contributed by atoms with Gasteiger partial charge in [0.1, 0.15) is 0 Å². The van der Waals surface area contributed by atoms with E-state index >= 15 is 0 Å². The van der Waals surface area contributed by atoms with Crippen LogP contribution in [0.1, 0.15) is 19.8 Å². The van der Waals surface area contributed by atoms with Gasteiger partial charge in [0.15, 0.2) is 0 Å². The van der Waals surface area contributed by atoms with E-state index in [-0.39, 0.29) is 0 Å². The van der Waals surface area contributed by atoms with E-state index in [9.17, 15) is 4.79 Å². The largest absolute Gasteiger partial charge is 0.356 e. The van der Waals surface area contributed by atoms with Gasteiger partial charge in [-0.3, -0.25) is 4.79 Å². The predicted octanol–water partition coefficient (Wildman–Crippen LogP) is 0.531. The van der Waals surface area contributed by atoms with Gasteiger partial charge in [0.2, 0.25) is 6.41 Å². The summed E-state index contributed by atoms with van der Waals surface area (Å²) in [7, 11) is 0. The maximum absolute atomic E-state index is 9.81. The molecule has 46 valence electrons. The van der Waals surface area contributed by atoms with Gasteiger partial charge < -0.3 is 5.32 Å². The van der Waals surface area contributed by atoms with Crippen molar-refractivity contribution in [2.24, 2.45) is 5.92 Å². The average molecular weight is 113 g/mol. The lowest BCUT2D eigenvalue weighted by molar-refractivity contribution is -0.109. The van der Waals surface area contributed by atoms with Crippen LogP contribution >= 0.6 is 0 Å². The van der Waals surface area contributed by atoms with Crippen LogP contribution in [0.4, 0.5) is 0 Å². The summed E-state index contributed by atoms with van der Waals surface area (Å²) in [6, 6.07) is 0.512. The van der Waals surface area contributed by atoms with Crippen molar-refractivity contribution in [1.29, 1.82) is 0 Å². The highest BCUT2D eigenvalue weighted by Gasteiger charge is 2.34. The highest BCUT2D eigenvalue weighted by Crippen LogP contribution is 2.32. The Kier molecular flexibility index (Phi) is 1.51. The molecule has 1 N–H and O–H groups in total. The molecule has 0 bridgehead atoms. The zero-order valence-corrected chi connectivity index (χ0v) is 5.05. The molecule has 0 heterocycles. The first-order chi connectivity index (χ1) is 3.88. The van der Waals surface area contributed by atoms with E-state index in [1.807, 2.05) is 0 Å². The summed E-state index contributed by atoms with van der Waals surface area (Å²) < 4.78 is 0. The van der Waals surface area contributed by atoms with Gasteiger partial charge in [-0.15, -0.1) is 0 Å². The molecule has 1 amide bonds. The summed E-state index contributed by atoms with van der Waals surface area (Å²) in [5, 5.41) is 2.74. The van der Waals surface area contributed by atoms with Crippen molar-refractivity contribution in [2.45, 2.75) is 25.8 Å². The number of carbonyl (C=O) groups excluding carboxylic acids is 1. The molecule has 2 nitrogen and oxygen atoms in total. The first kappa shape index (κ1) is 5.60. The number of hydrogen-bond donors (Lipinski definition) is 1. The van der Waals surface area contributed by atoms with Gasteiger partial charge >= 0.3 is 0 Å². The average Bonchev–Trinajstić information content (AvgIpc) is 2.48. The quantitative estimate of drug-likeness (QED) is 0.531. The second-order valence-corrected chi connectivity index (χ2v) is 2.30. The molecule has 1 rings (SSSR count). The second kappa shape index (κ2) is 2.16. The van der Waals surface area contributed by atoms with Crippen LogP contribution in [-0.2, 0) is 4.79 Å². The van der Waals surface area contributed by atoms with Gasteiger partial charge in [0.25, 0.3) is 0 Å². The van der Waals surface area contributed by atoms with E-state index in [0.717, 1.165) is 12.3 Å². The van der Waals surface area contributed by atoms with E-state index in [0.29, 0.717) is 6.04 Å². The fourth-order valence-corrected chi connectivity index (χ4v) is 0.990. The van der Waals surface area contributed by atoms with Gasteiger partial charge in [-0.25, -0.2) is 0 Å². The predicted molar refractivity (Wildman–Crippen MR) is 31.4 cm³/mol. The van der Waals surface area contributed by atoms with Gasteiger partial charge in [-0.2, -0.15) is 0 Å². The third-order valence-corrected chi connectivity index (χ3v) is 1.73. The molecule has 0 spiro atoms. The van der Waals surface area contributed by atoms with Crippen LogP contribution in [0.5, 0.6) is 0 Å². The normalized spacial score (nSPS) is 34.1. The van der Waals surface area contributed by atoms with Gasteiger partial charge in [0, 0.05) is 6.04 Å². The van der Waals surface area contributed by atoms with Crippen molar-refractivity contribution < 1.29 is 4.79 Å². The Bertz CT molecular complexity index is 92.5. The molecule has 0 aromatic rings. The molecule has 0 saturated heterocycles. The van der Waals surface area contributed by atoms with Crippen LogP contribution in [0.25, 0.3) is 0 Å². The molecule has 0 aromatic heterocycles. The lowest BCUT2D eigenvalue weighted by atomic mass is 10.3. The molecule has 2 atom stereocenters. The van der Waals surface area contributed by atoms with Crippen LogP contribution in [0.15, 0.2) is 0 Å². The van der Waals surface area contributed by atoms with Crippen LogP contribution < -0.4 is 5.32 Å². The molecular weight excluding hydrogens is 102 g/mol. The second-order valence-electron chi connectivity index (χ2n) is 2.30. The Morgan fingerprint density at radius 3 is 3.00 bits per heavy atom. The first-order valence-electron chi connectivity index (χ1n) is 3.08. The fourth-order valence-electron chi connectivity index (χ4n) is 0.990. The molecule has 0 radical (unpaired) electrons. The summed E-state index contributed by atoms with van der Waals surface area (Å²) >= 11 is 0. The van der Waals surface area contributed by atoms with Crippen molar-refractivity contribution >= 4 is 6.41 Å². The Hall–Kier alpha value is -0.530. The van der Waals surface area contributed by atoms with Crippen molar-refractivity contribution in [3.63, 3.8) is 0 Å². The standard InChI is InChI=1S/C6H11NO/c1-2-5-3-6(5)7-4-8/h4-6H,2-3H2,1H3,(H,7,8)/t5-,6?/m1/s1. The third-order valence-electron chi connectivity index (χ3n) is 1.73. The highest BCUT2D eigenvalue weighted by molar-refractivity contribution is 5.47. The Balaban J connectivity index is 2.07. The van der Waals surface area contributed by atoms with Crippen molar-refractivity contribution in [2.75, 3.05) is 0 Å². The molecule has 0 aromatic carbocycles. The molecule has 0 aliphatic heterocycles. The number of carbonyl (C=O) groups is 1. The maximum Gasteiger partial charge on any atom is 0.207 e. The summed E-state index contributed by atoms with van der Waals surface area (Å²) in [4.78, 5) is 9.81. The smallest absolute Gasteiger partial charge is 0.207 e. The number of nitrogens with one attached hydrogen (secondary N) is 1. The van der Waals surface area contributed by atoms with E-state index in [2.05, 4.69) is 12.2 Å². The van der Waals surface area contributed by atoms with E-state index in [4.69, 9.17) is 0 Å². The summed E-state index contributed by atoms with van der Waals surface area (Å²) in [5.74, 6) is 0.778. The molecule has 1 aliphatic carbocycles. The molecule has 1 aliphatic rings. The molecule has 8 heavy (non-hydrogen) atoms. The van der Waals surface area contributed by atoms with Crippen LogP contribution in [0.2, 0.25) is 0 Å². The summed E-state index contributed by atoms with van der Waals surface area (Å²) in [6.07, 6.45) is 3.18. The lowest BCUT2D eigenvalue weighted by Gasteiger charge is -1.90. The molecule has 1 saturated carbocycles. The monoisotopic (exact) mass is 113 g/mol. The van der Waals surface area contributed by atoms with E-state index in [1.54, 1.807) is 0 Å². The molecule has 2 heteroatoms.